The van der Waals surface area contributed by atoms with E-state index in [1.807, 2.05) is 6.92 Å². The smallest absolute Gasteiger partial charge is 0.316 e. The molecule has 0 aliphatic heterocycles. The fourth-order valence-electron chi connectivity index (χ4n) is 5.78. The molecule has 0 spiro atoms. The zero-order valence-electron chi connectivity index (χ0n) is 21.0. The predicted octanol–water partition coefficient (Wildman–Crippen LogP) is 5.58. The van der Waals surface area contributed by atoms with Gasteiger partial charge in [0.1, 0.15) is 17.4 Å². The maximum Gasteiger partial charge on any atom is 0.316 e. The van der Waals surface area contributed by atoms with E-state index in [1.165, 1.54) is 29.1 Å². The average Bonchev–Trinajstić information content (AvgIpc) is 3.37. The number of rotatable bonds is 8. The summed E-state index contributed by atoms with van der Waals surface area (Å²) in [5, 5.41) is 0.477. The second-order valence-corrected chi connectivity index (χ2v) is 10.9. The molecule has 1 N–H and O–H groups in total. The van der Waals surface area contributed by atoms with Crippen molar-refractivity contribution in [3.8, 4) is 17.8 Å². The Labute approximate surface area is 223 Å². The molecule has 4 aromatic rings. The number of benzene rings is 1. The monoisotopic (exact) mass is 538 g/mol. The Morgan fingerprint density at radius 3 is 2.53 bits per heavy atom. The highest BCUT2D eigenvalue weighted by Crippen LogP contribution is 2.57. The fourth-order valence-corrected chi connectivity index (χ4v) is 5.88. The van der Waals surface area contributed by atoms with Crippen molar-refractivity contribution in [1.82, 2.24) is 29.5 Å². The Balaban J connectivity index is 1.25. The molecular weight excluding hydrogens is 511 g/mol. The summed E-state index contributed by atoms with van der Waals surface area (Å²) in [7, 11) is 0. The molecule has 3 heterocycles. The van der Waals surface area contributed by atoms with Crippen LogP contribution in [0.25, 0.3) is 11.2 Å². The van der Waals surface area contributed by atoms with Crippen molar-refractivity contribution in [3.05, 3.63) is 63.7 Å². The molecule has 3 fully saturated rings. The summed E-state index contributed by atoms with van der Waals surface area (Å²) in [5.41, 5.74) is 0.402. The number of nitrogens with one attached hydrogen (secondary N) is 1. The van der Waals surface area contributed by atoms with E-state index in [1.54, 1.807) is 12.1 Å². The zero-order valence-corrected chi connectivity index (χ0v) is 21.8. The third kappa shape index (κ3) is 4.51. The number of aromatic nitrogens is 6. The Hall–Kier alpha value is -3.53. The molecule has 0 unspecified atom stereocenters. The summed E-state index contributed by atoms with van der Waals surface area (Å²) in [4.78, 5) is 34.5. The first-order chi connectivity index (χ1) is 18.4. The van der Waals surface area contributed by atoms with E-state index >= 15 is 0 Å². The van der Waals surface area contributed by atoms with Crippen LogP contribution in [0.4, 0.5) is 4.39 Å². The van der Waals surface area contributed by atoms with Crippen LogP contribution in [-0.4, -0.2) is 36.1 Å². The topological polar surface area (TPSA) is 108 Å². The number of H-pyrrole nitrogens is 1. The molecule has 3 aliphatic carbocycles. The maximum atomic E-state index is 13.7. The number of hydrogen-bond donors (Lipinski definition) is 1. The highest BCUT2D eigenvalue weighted by molar-refractivity contribution is 6.30. The van der Waals surface area contributed by atoms with Gasteiger partial charge in [0.15, 0.2) is 11.2 Å². The van der Waals surface area contributed by atoms with Crippen LogP contribution in [0.15, 0.2) is 41.5 Å². The molecule has 3 aliphatic rings. The van der Waals surface area contributed by atoms with Gasteiger partial charge in [0, 0.05) is 23.4 Å². The number of hydrogen-bond acceptors (Lipinski definition) is 7. The number of halogens is 2. The summed E-state index contributed by atoms with van der Waals surface area (Å²) in [6.45, 7) is 2.96. The normalized spacial score (nSPS) is 22.6. The molecule has 0 radical (unpaired) electrons. The van der Waals surface area contributed by atoms with Crippen LogP contribution in [0.1, 0.15) is 57.7 Å². The average molecular weight is 539 g/mol. The minimum atomic E-state index is -0.425. The number of fused-ring (bicyclic) bond motifs is 4. The molecule has 0 atom stereocenters. The van der Waals surface area contributed by atoms with Gasteiger partial charge in [-0.1, -0.05) is 24.6 Å². The van der Waals surface area contributed by atoms with E-state index in [0.717, 1.165) is 44.3 Å². The van der Waals surface area contributed by atoms with E-state index < -0.39 is 5.82 Å². The van der Waals surface area contributed by atoms with Crippen LogP contribution in [0.3, 0.4) is 0 Å². The van der Waals surface area contributed by atoms with Crippen LogP contribution in [0.5, 0.6) is 17.8 Å². The second-order valence-electron chi connectivity index (χ2n) is 10.4. The molecule has 1 aromatic carbocycles. The number of aromatic amines is 1. The van der Waals surface area contributed by atoms with Gasteiger partial charge in [-0.15, -0.1) is 0 Å². The molecule has 3 saturated carbocycles. The molecule has 3 aromatic heterocycles. The quantitative estimate of drug-likeness (QED) is 0.312. The van der Waals surface area contributed by atoms with Crippen LogP contribution in [0, 0.1) is 11.2 Å². The van der Waals surface area contributed by atoms with E-state index in [0.29, 0.717) is 41.8 Å². The Kier molecular flexibility index (Phi) is 6.29. The molecule has 38 heavy (non-hydrogen) atoms. The molecule has 0 amide bonds. The minimum absolute atomic E-state index is 0.0782. The van der Waals surface area contributed by atoms with Crippen LogP contribution in [-0.2, 0) is 12.0 Å². The third-order valence-electron chi connectivity index (χ3n) is 8.04. The van der Waals surface area contributed by atoms with Crippen molar-refractivity contribution in [1.29, 1.82) is 0 Å². The molecule has 0 saturated heterocycles. The lowest BCUT2D eigenvalue weighted by Gasteiger charge is -2.52. The van der Waals surface area contributed by atoms with Gasteiger partial charge < -0.3 is 14.5 Å². The molecule has 11 heteroatoms. The highest BCUT2D eigenvalue weighted by atomic mass is 35.5. The summed E-state index contributed by atoms with van der Waals surface area (Å²) in [5.74, 6) is 0.654. The van der Waals surface area contributed by atoms with Gasteiger partial charge >= 0.3 is 12.0 Å². The molecular formula is C27H28ClFN6O3. The molecule has 7 rings (SSSR count). The summed E-state index contributed by atoms with van der Waals surface area (Å²) in [6.07, 6.45) is 9.55. The van der Waals surface area contributed by atoms with Gasteiger partial charge in [-0.25, -0.2) is 19.3 Å². The summed E-state index contributed by atoms with van der Waals surface area (Å²) in [6, 6.07) is 6.23. The van der Waals surface area contributed by atoms with Gasteiger partial charge in [0.2, 0.25) is 0 Å². The summed E-state index contributed by atoms with van der Waals surface area (Å²) < 4.78 is 27.0. The van der Waals surface area contributed by atoms with Gasteiger partial charge in [0.05, 0.1) is 24.0 Å². The highest BCUT2D eigenvalue weighted by Gasteiger charge is 2.51. The van der Waals surface area contributed by atoms with E-state index in [9.17, 15) is 9.18 Å². The first-order valence-electron chi connectivity index (χ1n) is 12.9. The lowest BCUT2D eigenvalue weighted by molar-refractivity contribution is -0.00389. The van der Waals surface area contributed by atoms with E-state index in [2.05, 4.69) is 19.9 Å². The van der Waals surface area contributed by atoms with Gasteiger partial charge in [-0.3, -0.25) is 9.36 Å². The number of nitrogens with zero attached hydrogens (tertiary/aromatic N) is 5. The second kappa shape index (κ2) is 9.65. The van der Waals surface area contributed by atoms with E-state index in [4.69, 9.17) is 26.1 Å². The Morgan fingerprint density at radius 2 is 1.84 bits per heavy atom. The largest absolute Gasteiger partial charge is 0.463 e. The SMILES string of the molecule is CCCn1c(Oc2cccc(F)c2)nc2nc(C34CCC(COc5ncc(Cl)cn5)(CC3)CC4)[nH]c2c1=O. The molecule has 198 valence electrons. The van der Waals surface area contributed by atoms with Gasteiger partial charge in [-0.2, -0.15) is 4.98 Å². The molecule has 2 bridgehead atoms. The van der Waals surface area contributed by atoms with Crippen molar-refractivity contribution < 1.29 is 13.9 Å². The van der Waals surface area contributed by atoms with Crippen LogP contribution >= 0.6 is 11.6 Å². The van der Waals surface area contributed by atoms with Crippen molar-refractivity contribution in [2.45, 2.75) is 63.8 Å². The standard InChI is InChI=1S/C27H28ClFN6O3/c1-2-12-35-22(36)20-21(34-25(35)38-19-5-3-4-18(29)13-19)33-23(32-20)27-9-6-26(7-10-27,8-11-27)16-37-24-30-14-17(28)15-31-24/h3-5,13-15H,2,6-12,16H2,1H3,(H,32,33). The number of imidazole rings is 1. The summed E-state index contributed by atoms with van der Waals surface area (Å²) >= 11 is 5.87. The first kappa shape index (κ1) is 24.8. The van der Waals surface area contributed by atoms with Crippen molar-refractivity contribution >= 4 is 22.8 Å². The maximum absolute atomic E-state index is 13.7. The lowest BCUT2D eigenvalue weighted by Crippen LogP contribution is -2.47. The predicted molar refractivity (Wildman–Crippen MR) is 139 cm³/mol. The Bertz CT molecular complexity index is 1510. The minimum Gasteiger partial charge on any atom is -0.463 e. The molecule has 9 nitrogen and oxygen atoms in total. The number of ether oxygens (including phenoxy) is 2. The third-order valence-corrected chi connectivity index (χ3v) is 8.23. The van der Waals surface area contributed by atoms with E-state index in [-0.39, 0.29) is 28.1 Å². The van der Waals surface area contributed by atoms with Crippen LogP contribution in [0.2, 0.25) is 5.02 Å². The van der Waals surface area contributed by atoms with Crippen molar-refractivity contribution in [2.24, 2.45) is 5.41 Å². The van der Waals surface area contributed by atoms with Gasteiger partial charge in [-0.05, 0) is 57.1 Å². The zero-order chi connectivity index (χ0) is 26.3. The first-order valence-corrected chi connectivity index (χ1v) is 13.3. The fraction of sp³-hybridized carbons (Fsp3) is 0.444. The van der Waals surface area contributed by atoms with Crippen molar-refractivity contribution in [2.75, 3.05) is 6.61 Å². The van der Waals surface area contributed by atoms with Crippen molar-refractivity contribution in [3.63, 3.8) is 0 Å². The Morgan fingerprint density at radius 1 is 1.11 bits per heavy atom. The van der Waals surface area contributed by atoms with Crippen LogP contribution < -0.4 is 15.0 Å². The lowest BCUT2D eigenvalue weighted by atomic mass is 9.53. The van der Waals surface area contributed by atoms with Gasteiger partial charge in [0.25, 0.3) is 5.56 Å².